The number of hydrogen-bond acceptors (Lipinski definition) is 8. The quantitative estimate of drug-likeness (QED) is 0.188. The van der Waals surface area contributed by atoms with Gasteiger partial charge < -0.3 is 18.6 Å². The Morgan fingerprint density at radius 1 is 0.895 bits per heavy atom. The molecule has 2 heterocycles. The lowest BCUT2D eigenvalue weighted by atomic mass is 10.1. The van der Waals surface area contributed by atoms with Gasteiger partial charge in [0.2, 0.25) is 11.2 Å². The third-order valence-electron chi connectivity index (χ3n) is 6.40. The minimum Gasteiger partial charge on any atom is -0.497 e. The van der Waals surface area contributed by atoms with E-state index in [0.29, 0.717) is 17.9 Å². The van der Waals surface area contributed by atoms with Gasteiger partial charge in [-0.25, -0.2) is 4.79 Å². The zero-order valence-electron chi connectivity index (χ0n) is 20.8. The van der Waals surface area contributed by atoms with Crippen LogP contribution in [-0.2, 0) is 0 Å². The zero-order valence-corrected chi connectivity index (χ0v) is 20.8. The summed E-state index contributed by atoms with van der Waals surface area (Å²) in [6, 6.07) is 15.1. The molecule has 38 heavy (non-hydrogen) atoms. The van der Waals surface area contributed by atoms with Crippen molar-refractivity contribution in [1.82, 2.24) is 4.90 Å². The second-order valence-electron chi connectivity index (χ2n) is 8.75. The summed E-state index contributed by atoms with van der Waals surface area (Å²) in [6.45, 7) is 3.68. The van der Waals surface area contributed by atoms with E-state index in [0.717, 1.165) is 0 Å². The van der Waals surface area contributed by atoms with Gasteiger partial charge in [0.15, 0.2) is 0 Å². The first-order valence-corrected chi connectivity index (χ1v) is 11.9. The highest BCUT2D eigenvalue weighted by molar-refractivity contribution is 6.22. The number of nitrogens with zero attached hydrogens (tertiary/aromatic N) is 1. The standard InChI is InChI=1S/C29H23NO8/c1-4-16(2)30-27(32)21-11-5-17(13-23(21)28(30)33)29(34)38-20-10-12-22-24(14-20)36-15-25(26(22)31)37-19-8-6-18(35-3)7-9-19/h5-16H,4H2,1-3H3. The summed E-state index contributed by atoms with van der Waals surface area (Å²) in [5.74, 6) is -0.317. The summed E-state index contributed by atoms with van der Waals surface area (Å²) < 4.78 is 21.8. The average Bonchev–Trinajstić information content (AvgIpc) is 3.19. The van der Waals surface area contributed by atoms with Crippen LogP contribution in [-0.4, -0.2) is 35.8 Å². The number of imide groups is 1. The van der Waals surface area contributed by atoms with Crippen molar-refractivity contribution in [3.63, 3.8) is 0 Å². The van der Waals surface area contributed by atoms with E-state index < -0.39 is 17.3 Å². The summed E-state index contributed by atoms with van der Waals surface area (Å²) >= 11 is 0. The highest BCUT2D eigenvalue weighted by atomic mass is 16.5. The minimum atomic E-state index is -0.726. The Morgan fingerprint density at radius 2 is 1.58 bits per heavy atom. The molecule has 1 aliphatic rings. The Hall–Kier alpha value is -4.92. The molecular weight excluding hydrogens is 490 g/mol. The van der Waals surface area contributed by atoms with Crippen LogP contribution in [0.4, 0.5) is 0 Å². The molecule has 3 aromatic carbocycles. The van der Waals surface area contributed by atoms with E-state index in [1.54, 1.807) is 38.3 Å². The summed E-state index contributed by atoms with van der Waals surface area (Å²) in [4.78, 5) is 52.3. The van der Waals surface area contributed by atoms with Crippen molar-refractivity contribution in [2.75, 3.05) is 7.11 Å². The number of ether oxygens (including phenoxy) is 3. The molecule has 192 valence electrons. The fraction of sp³-hybridized carbons (Fsp3) is 0.172. The van der Waals surface area contributed by atoms with Gasteiger partial charge in [-0.1, -0.05) is 6.92 Å². The number of benzene rings is 3. The van der Waals surface area contributed by atoms with Crippen molar-refractivity contribution >= 4 is 28.8 Å². The molecule has 1 unspecified atom stereocenters. The number of fused-ring (bicyclic) bond motifs is 2. The molecule has 1 atom stereocenters. The maximum atomic E-state index is 12.9. The van der Waals surface area contributed by atoms with Gasteiger partial charge in [0.05, 0.1) is 29.2 Å². The van der Waals surface area contributed by atoms with E-state index in [2.05, 4.69) is 0 Å². The van der Waals surface area contributed by atoms with Crippen LogP contribution in [0.2, 0.25) is 0 Å². The normalized spacial score (nSPS) is 13.4. The van der Waals surface area contributed by atoms with Crippen LogP contribution in [0.1, 0.15) is 51.3 Å². The van der Waals surface area contributed by atoms with Crippen LogP contribution < -0.4 is 19.6 Å². The Balaban J connectivity index is 1.35. The third kappa shape index (κ3) is 4.39. The number of esters is 1. The van der Waals surface area contributed by atoms with Crippen LogP contribution in [0.3, 0.4) is 0 Å². The molecule has 0 saturated heterocycles. The van der Waals surface area contributed by atoms with Crippen LogP contribution in [0.5, 0.6) is 23.0 Å². The van der Waals surface area contributed by atoms with Gasteiger partial charge >= 0.3 is 5.97 Å². The van der Waals surface area contributed by atoms with E-state index in [1.165, 1.54) is 47.6 Å². The van der Waals surface area contributed by atoms with Crippen molar-refractivity contribution in [3.05, 3.63) is 93.8 Å². The molecule has 1 aliphatic heterocycles. The van der Waals surface area contributed by atoms with Crippen LogP contribution >= 0.6 is 0 Å². The summed E-state index contributed by atoms with van der Waals surface area (Å²) in [6.07, 6.45) is 1.81. The zero-order chi connectivity index (χ0) is 27.0. The first kappa shape index (κ1) is 24.8. The van der Waals surface area contributed by atoms with E-state index in [4.69, 9.17) is 18.6 Å². The molecule has 0 bridgehead atoms. The number of amides is 2. The van der Waals surface area contributed by atoms with Gasteiger partial charge in [0.25, 0.3) is 11.8 Å². The molecule has 2 amide bonds. The van der Waals surface area contributed by atoms with Crippen LogP contribution in [0.25, 0.3) is 11.0 Å². The van der Waals surface area contributed by atoms with Crippen molar-refractivity contribution < 1.29 is 33.0 Å². The molecule has 9 nitrogen and oxygen atoms in total. The predicted octanol–water partition coefficient (Wildman–Crippen LogP) is 5.21. The number of methoxy groups -OCH3 is 1. The minimum absolute atomic E-state index is 0.00352. The second kappa shape index (κ2) is 9.85. The molecule has 1 aromatic heterocycles. The monoisotopic (exact) mass is 513 g/mol. The average molecular weight is 514 g/mol. The molecule has 4 aromatic rings. The van der Waals surface area contributed by atoms with Gasteiger partial charge in [-0.3, -0.25) is 19.3 Å². The van der Waals surface area contributed by atoms with Crippen molar-refractivity contribution in [2.45, 2.75) is 26.3 Å². The lowest BCUT2D eigenvalue weighted by molar-refractivity contribution is 0.0593. The number of rotatable bonds is 7. The Labute approximate surface area is 217 Å². The van der Waals surface area contributed by atoms with E-state index in [-0.39, 0.29) is 51.1 Å². The van der Waals surface area contributed by atoms with Crippen LogP contribution in [0, 0.1) is 0 Å². The van der Waals surface area contributed by atoms with Gasteiger partial charge in [-0.2, -0.15) is 0 Å². The maximum Gasteiger partial charge on any atom is 0.343 e. The van der Waals surface area contributed by atoms with Gasteiger partial charge in [0, 0.05) is 12.1 Å². The first-order chi connectivity index (χ1) is 18.3. The summed E-state index contributed by atoms with van der Waals surface area (Å²) in [5.41, 5.74) is 0.334. The van der Waals surface area contributed by atoms with Gasteiger partial charge in [-0.05, 0) is 67.9 Å². The molecule has 0 aliphatic carbocycles. The second-order valence-corrected chi connectivity index (χ2v) is 8.75. The molecule has 0 fully saturated rings. The highest BCUT2D eigenvalue weighted by Gasteiger charge is 2.38. The van der Waals surface area contributed by atoms with Crippen LogP contribution in [0.15, 0.2) is 76.1 Å². The van der Waals surface area contributed by atoms with E-state index >= 15 is 0 Å². The first-order valence-electron chi connectivity index (χ1n) is 11.9. The van der Waals surface area contributed by atoms with Crippen molar-refractivity contribution in [1.29, 1.82) is 0 Å². The third-order valence-corrected chi connectivity index (χ3v) is 6.40. The molecule has 0 saturated carbocycles. The smallest absolute Gasteiger partial charge is 0.343 e. The lowest BCUT2D eigenvalue weighted by Crippen LogP contribution is -2.37. The van der Waals surface area contributed by atoms with E-state index in [9.17, 15) is 19.2 Å². The highest BCUT2D eigenvalue weighted by Crippen LogP contribution is 2.28. The van der Waals surface area contributed by atoms with Crippen molar-refractivity contribution in [3.8, 4) is 23.0 Å². The fourth-order valence-corrected chi connectivity index (χ4v) is 4.13. The topological polar surface area (TPSA) is 112 Å². The number of carbonyl (C=O) groups is 3. The lowest BCUT2D eigenvalue weighted by Gasteiger charge is -2.20. The van der Waals surface area contributed by atoms with E-state index in [1.807, 2.05) is 6.92 Å². The summed E-state index contributed by atoms with van der Waals surface area (Å²) in [7, 11) is 1.55. The fourth-order valence-electron chi connectivity index (χ4n) is 4.13. The molecule has 9 heteroatoms. The van der Waals surface area contributed by atoms with Gasteiger partial charge in [0.1, 0.15) is 29.1 Å². The Kier molecular flexibility index (Phi) is 6.42. The largest absolute Gasteiger partial charge is 0.497 e. The number of carbonyl (C=O) groups excluding carboxylic acids is 3. The van der Waals surface area contributed by atoms with Gasteiger partial charge in [-0.15, -0.1) is 0 Å². The molecule has 0 N–H and O–H groups in total. The molecular formula is C29H23NO8. The van der Waals surface area contributed by atoms with Crippen molar-refractivity contribution in [2.24, 2.45) is 0 Å². The molecule has 0 radical (unpaired) electrons. The molecule has 0 spiro atoms. The maximum absolute atomic E-state index is 12.9. The Bertz CT molecular complexity index is 1640. The Morgan fingerprint density at radius 3 is 2.29 bits per heavy atom. The predicted molar refractivity (Wildman–Crippen MR) is 137 cm³/mol. The molecule has 5 rings (SSSR count). The summed E-state index contributed by atoms with van der Waals surface area (Å²) in [5, 5.41) is 0.239. The number of hydrogen-bond donors (Lipinski definition) is 0. The SMILES string of the molecule is CCC(C)N1C(=O)c2ccc(C(=O)Oc3ccc4c(=O)c(Oc5ccc(OC)cc5)coc4c3)cc2C1=O.